The predicted molar refractivity (Wildman–Crippen MR) is 99.3 cm³/mol. The molecule has 3 nitrogen and oxygen atoms in total. The van der Waals surface area contributed by atoms with Crippen molar-refractivity contribution in [2.24, 2.45) is 0 Å². The monoisotopic (exact) mass is 382 g/mol. The van der Waals surface area contributed by atoms with Gasteiger partial charge in [0.15, 0.2) is 5.78 Å². The van der Waals surface area contributed by atoms with Crippen molar-refractivity contribution in [3.05, 3.63) is 69.2 Å². The van der Waals surface area contributed by atoms with Gasteiger partial charge in [-0.15, -0.1) is 11.8 Å². The number of hydrogen-bond acceptors (Lipinski definition) is 3. The van der Waals surface area contributed by atoms with E-state index in [-0.39, 0.29) is 12.2 Å². The molecule has 1 atom stereocenters. The maximum Gasteiger partial charge on any atom is 0.317 e. The van der Waals surface area contributed by atoms with Gasteiger partial charge in [-0.3, -0.25) is 9.59 Å². The van der Waals surface area contributed by atoms with Gasteiger partial charge in [-0.2, -0.15) is 0 Å². The van der Waals surface area contributed by atoms with Crippen LogP contribution in [-0.2, 0) is 10.5 Å². The minimum absolute atomic E-state index is 0.109. The zero-order chi connectivity index (χ0) is 17.7. The summed E-state index contributed by atoms with van der Waals surface area (Å²) in [6.07, 6.45) is -0.109. The van der Waals surface area contributed by atoms with Crippen LogP contribution < -0.4 is 0 Å². The molecule has 0 heterocycles. The van der Waals surface area contributed by atoms with E-state index < -0.39 is 11.2 Å². The zero-order valence-electron chi connectivity index (χ0n) is 13.0. The normalized spacial score (nSPS) is 12.0. The van der Waals surface area contributed by atoms with Crippen LogP contribution in [0.4, 0.5) is 0 Å². The number of rotatable bonds is 7. The number of benzene rings is 2. The van der Waals surface area contributed by atoms with E-state index in [4.69, 9.17) is 23.2 Å². The second kappa shape index (κ2) is 8.56. The topological polar surface area (TPSA) is 54.4 Å². The third kappa shape index (κ3) is 5.00. The molecule has 0 bridgehead atoms. The van der Waals surface area contributed by atoms with Gasteiger partial charge in [0.05, 0.1) is 0 Å². The molecule has 2 aromatic rings. The summed E-state index contributed by atoms with van der Waals surface area (Å²) in [7, 11) is 0. The number of carbonyl (C=O) groups is 2. The van der Waals surface area contributed by atoms with Crippen molar-refractivity contribution in [3.8, 4) is 0 Å². The molecule has 6 heteroatoms. The van der Waals surface area contributed by atoms with E-state index in [2.05, 4.69) is 0 Å². The van der Waals surface area contributed by atoms with Crippen LogP contribution in [-0.4, -0.2) is 22.1 Å². The van der Waals surface area contributed by atoms with Crippen molar-refractivity contribution in [3.63, 3.8) is 0 Å². The Morgan fingerprint density at radius 3 is 2.25 bits per heavy atom. The Labute approximate surface area is 155 Å². The van der Waals surface area contributed by atoms with Crippen LogP contribution >= 0.6 is 35.0 Å². The molecule has 0 aliphatic carbocycles. The average molecular weight is 383 g/mol. The van der Waals surface area contributed by atoms with Gasteiger partial charge in [0.25, 0.3) is 0 Å². The third-order valence-electron chi connectivity index (χ3n) is 3.54. The SMILES string of the molecule is Cc1c(Cl)cc(C(=O)CC(SCc2ccccc2)C(=O)O)cc1Cl. The highest BCUT2D eigenvalue weighted by molar-refractivity contribution is 7.99. The molecule has 126 valence electrons. The van der Waals surface area contributed by atoms with E-state index in [9.17, 15) is 14.7 Å². The Balaban J connectivity index is 2.07. The maximum atomic E-state index is 12.4. The van der Waals surface area contributed by atoms with E-state index >= 15 is 0 Å². The van der Waals surface area contributed by atoms with Crippen LogP contribution in [0.15, 0.2) is 42.5 Å². The summed E-state index contributed by atoms with van der Waals surface area (Å²) >= 11 is 13.3. The minimum Gasteiger partial charge on any atom is -0.480 e. The Morgan fingerprint density at radius 1 is 1.12 bits per heavy atom. The van der Waals surface area contributed by atoms with Crippen molar-refractivity contribution in [2.45, 2.75) is 24.3 Å². The first kappa shape index (κ1) is 18.8. The van der Waals surface area contributed by atoms with Crippen molar-refractivity contribution in [1.29, 1.82) is 0 Å². The fourth-order valence-electron chi connectivity index (χ4n) is 2.08. The molecule has 2 aromatic carbocycles. The largest absolute Gasteiger partial charge is 0.480 e. The third-order valence-corrected chi connectivity index (χ3v) is 5.60. The van der Waals surface area contributed by atoms with Crippen molar-refractivity contribution < 1.29 is 14.7 Å². The van der Waals surface area contributed by atoms with Gasteiger partial charge >= 0.3 is 5.97 Å². The summed E-state index contributed by atoms with van der Waals surface area (Å²) in [6, 6.07) is 12.6. The lowest BCUT2D eigenvalue weighted by molar-refractivity contribution is -0.136. The van der Waals surface area contributed by atoms with Gasteiger partial charge in [-0.05, 0) is 30.2 Å². The highest BCUT2D eigenvalue weighted by atomic mass is 35.5. The molecule has 0 radical (unpaired) electrons. The first-order chi connectivity index (χ1) is 11.4. The fraction of sp³-hybridized carbons (Fsp3) is 0.222. The summed E-state index contributed by atoms with van der Waals surface area (Å²) in [6.45, 7) is 1.76. The molecule has 0 aromatic heterocycles. The van der Waals surface area contributed by atoms with Crippen LogP contribution in [0, 0.1) is 6.92 Å². The molecule has 0 fully saturated rings. The molecule has 0 spiro atoms. The molecule has 0 amide bonds. The molecule has 2 rings (SSSR count). The minimum atomic E-state index is -1.01. The second-order valence-corrected chi connectivity index (χ2v) is 7.32. The van der Waals surface area contributed by atoms with Gasteiger partial charge in [-0.25, -0.2) is 0 Å². The molecular weight excluding hydrogens is 367 g/mol. The molecule has 0 aliphatic rings. The lowest BCUT2D eigenvalue weighted by Gasteiger charge is -2.12. The van der Waals surface area contributed by atoms with Gasteiger partial charge in [0, 0.05) is 27.8 Å². The highest BCUT2D eigenvalue weighted by Gasteiger charge is 2.23. The molecule has 24 heavy (non-hydrogen) atoms. The number of carboxylic acids is 1. The van der Waals surface area contributed by atoms with E-state index in [0.717, 1.165) is 5.56 Å². The van der Waals surface area contributed by atoms with Crippen molar-refractivity contribution in [2.75, 3.05) is 0 Å². The van der Waals surface area contributed by atoms with Crippen LogP contribution in [0.5, 0.6) is 0 Å². The maximum absolute atomic E-state index is 12.4. The number of carboxylic acid groups (broad SMARTS) is 1. The molecule has 1 unspecified atom stereocenters. The molecule has 0 saturated heterocycles. The fourth-order valence-corrected chi connectivity index (χ4v) is 3.57. The molecular formula is C18H16Cl2O3S. The summed E-state index contributed by atoms with van der Waals surface area (Å²) in [4.78, 5) is 23.8. The number of Topliss-reactive ketones (excluding diaryl/α,β-unsaturated/α-hetero) is 1. The Morgan fingerprint density at radius 2 is 1.71 bits per heavy atom. The van der Waals surface area contributed by atoms with Gasteiger partial charge in [0.1, 0.15) is 5.25 Å². The lowest BCUT2D eigenvalue weighted by Crippen LogP contribution is -2.21. The number of carbonyl (C=O) groups excluding carboxylic acids is 1. The number of hydrogen-bond donors (Lipinski definition) is 1. The van der Waals surface area contributed by atoms with E-state index in [1.165, 1.54) is 23.9 Å². The van der Waals surface area contributed by atoms with Crippen LogP contribution in [0.3, 0.4) is 0 Å². The van der Waals surface area contributed by atoms with Crippen LogP contribution in [0.2, 0.25) is 10.0 Å². The van der Waals surface area contributed by atoms with E-state index in [1.807, 2.05) is 30.3 Å². The van der Waals surface area contributed by atoms with Crippen molar-refractivity contribution in [1.82, 2.24) is 0 Å². The van der Waals surface area contributed by atoms with Crippen molar-refractivity contribution >= 4 is 46.7 Å². The predicted octanol–water partition coefficient (Wildman–Crippen LogP) is 5.26. The van der Waals surface area contributed by atoms with Gasteiger partial charge < -0.3 is 5.11 Å². The smallest absolute Gasteiger partial charge is 0.317 e. The summed E-state index contributed by atoms with van der Waals surface area (Å²) in [5.74, 6) is -0.763. The first-order valence-electron chi connectivity index (χ1n) is 7.25. The number of thioether (sulfide) groups is 1. The van der Waals surface area contributed by atoms with Gasteiger partial charge in [0.2, 0.25) is 0 Å². The summed E-state index contributed by atoms with van der Waals surface area (Å²) in [5.41, 5.74) is 2.05. The Bertz CT molecular complexity index is 724. The van der Waals surface area contributed by atoms with Gasteiger partial charge in [-0.1, -0.05) is 53.5 Å². The average Bonchev–Trinajstić information content (AvgIpc) is 2.56. The summed E-state index contributed by atoms with van der Waals surface area (Å²) < 4.78 is 0. The number of halogens is 2. The molecule has 1 N–H and O–H groups in total. The first-order valence-corrected chi connectivity index (χ1v) is 9.06. The Kier molecular flexibility index (Phi) is 6.72. The quantitative estimate of drug-likeness (QED) is 0.663. The number of ketones is 1. The standard InChI is InChI=1S/C18H16Cl2O3S/c1-11-14(19)7-13(8-15(11)20)16(21)9-17(18(22)23)24-10-12-5-3-2-4-6-12/h2-8,17H,9-10H2,1H3,(H,22,23). The second-order valence-electron chi connectivity index (χ2n) is 5.32. The molecule has 0 aliphatic heterocycles. The number of aliphatic carboxylic acids is 1. The van der Waals surface area contributed by atoms with E-state index in [0.29, 0.717) is 26.9 Å². The van der Waals surface area contributed by atoms with Crippen LogP contribution in [0.1, 0.15) is 27.9 Å². The summed E-state index contributed by atoms with van der Waals surface area (Å²) in [5, 5.41) is 9.35. The highest BCUT2D eigenvalue weighted by Crippen LogP contribution is 2.28. The Hall–Kier alpha value is -1.49. The molecule has 0 saturated carbocycles. The van der Waals surface area contributed by atoms with E-state index in [1.54, 1.807) is 6.92 Å². The van der Waals surface area contributed by atoms with Crippen LogP contribution in [0.25, 0.3) is 0 Å². The zero-order valence-corrected chi connectivity index (χ0v) is 15.3. The lowest BCUT2D eigenvalue weighted by atomic mass is 10.0.